The summed E-state index contributed by atoms with van der Waals surface area (Å²) in [5.41, 5.74) is 0. The number of rotatable bonds is 59. The van der Waals surface area contributed by atoms with Gasteiger partial charge < -0.3 is 14.2 Å². The van der Waals surface area contributed by atoms with E-state index in [2.05, 4.69) is 106 Å². The second-order valence-corrected chi connectivity index (χ2v) is 21.6. The minimum Gasteiger partial charge on any atom is -0.462 e. The number of hydrogen-bond donors (Lipinski definition) is 0. The van der Waals surface area contributed by atoms with Gasteiger partial charge in [-0.2, -0.15) is 0 Å². The molecule has 0 radical (unpaired) electrons. The standard InChI is InChI=1S/C70H122O6/c1-4-7-10-13-16-19-22-25-28-31-34-35-37-39-42-45-48-51-54-57-60-63-69(72)75-66-67(65-74-68(71)62-59-56-53-50-47-44-41-38-33-30-27-24-21-18-15-12-9-6-3)76-70(73)64-61-58-55-52-49-46-43-40-36-32-29-26-23-20-17-14-11-8-5-2/h8,11,17,20,22,25-26,29,31,34,36,40,46,49,67H,4-7,9-10,12-16,18-19,21,23-24,27-28,30,32-33,35,37-39,41-45,47-48,50-66H2,1-3H3/b11-8-,20-17-,25-22-,29-26-,34-31-,40-36-,49-46-. The summed E-state index contributed by atoms with van der Waals surface area (Å²) in [7, 11) is 0. The average Bonchev–Trinajstić information content (AvgIpc) is 3.42. The van der Waals surface area contributed by atoms with Gasteiger partial charge in [-0.25, -0.2) is 0 Å². The minimum atomic E-state index is -0.796. The van der Waals surface area contributed by atoms with Crippen molar-refractivity contribution in [3.63, 3.8) is 0 Å². The first-order chi connectivity index (χ1) is 37.5. The fourth-order valence-electron chi connectivity index (χ4n) is 9.27. The molecule has 1 atom stereocenters. The smallest absolute Gasteiger partial charge is 0.306 e. The minimum absolute atomic E-state index is 0.0887. The van der Waals surface area contributed by atoms with Gasteiger partial charge in [0.2, 0.25) is 0 Å². The van der Waals surface area contributed by atoms with Gasteiger partial charge in [-0.1, -0.05) is 292 Å². The highest BCUT2D eigenvalue weighted by Crippen LogP contribution is 2.17. The molecule has 6 nitrogen and oxygen atoms in total. The molecular weight excluding hydrogens is 937 g/mol. The number of allylic oxidation sites excluding steroid dienone is 14. The Balaban J connectivity index is 4.42. The van der Waals surface area contributed by atoms with Gasteiger partial charge >= 0.3 is 17.9 Å². The Morgan fingerprint density at radius 3 is 0.816 bits per heavy atom. The fourth-order valence-corrected chi connectivity index (χ4v) is 9.27. The first kappa shape index (κ1) is 72.6. The highest BCUT2D eigenvalue weighted by molar-refractivity contribution is 5.71. The van der Waals surface area contributed by atoms with Crippen LogP contribution in [-0.2, 0) is 28.6 Å². The molecule has 0 N–H and O–H groups in total. The third-order valence-corrected chi connectivity index (χ3v) is 14.1. The molecule has 0 saturated heterocycles. The topological polar surface area (TPSA) is 78.9 Å². The van der Waals surface area contributed by atoms with Crippen molar-refractivity contribution < 1.29 is 28.6 Å². The van der Waals surface area contributed by atoms with Crippen LogP contribution in [-0.4, -0.2) is 37.2 Å². The zero-order chi connectivity index (χ0) is 55.0. The third kappa shape index (κ3) is 61.4. The predicted octanol–water partition coefficient (Wildman–Crippen LogP) is 22.3. The van der Waals surface area contributed by atoms with E-state index in [0.717, 1.165) is 103 Å². The summed E-state index contributed by atoms with van der Waals surface area (Å²) < 4.78 is 16.9. The number of hydrogen-bond acceptors (Lipinski definition) is 6. The van der Waals surface area contributed by atoms with Crippen molar-refractivity contribution in [1.29, 1.82) is 0 Å². The summed E-state index contributed by atoms with van der Waals surface area (Å²) in [5, 5.41) is 0. The fraction of sp³-hybridized carbons (Fsp3) is 0.757. The van der Waals surface area contributed by atoms with Crippen molar-refractivity contribution in [3.05, 3.63) is 85.1 Å². The van der Waals surface area contributed by atoms with Gasteiger partial charge in [0.25, 0.3) is 0 Å². The highest BCUT2D eigenvalue weighted by atomic mass is 16.6. The SMILES string of the molecule is CC/C=C\C/C=C\C/C=C\C/C=C\C/C=C\CCCCCC(=O)OC(COC(=O)CCCCCCCCCCC/C=C\C/C=C\CCCCCCC)COC(=O)CCCCCCCCCCCCCCCCCCCC. The van der Waals surface area contributed by atoms with E-state index < -0.39 is 6.10 Å². The van der Waals surface area contributed by atoms with E-state index in [1.54, 1.807) is 0 Å². The third-order valence-electron chi connectivity index (χ3n) is 14.1. The molecule has 0 aliphatic carbocycles. The molecule has 1 unspecified atom stereocenters. The molecular formula is C70H122O6. The van der Waals surface area contributed by atoms with Gasteiger partial charge in [0.1, 0.15) is 13.2 Å². The lowest BCUT2D eigenvalue weighted by atomic mass is 10.0. The van der Waals surface area contributed by atoms with Crippen molar-refractivity contribution in [2.45, 2.75) is 329 Å². The lowest BCUT2D eigenvalue weighted by Crippen LogP contribution is -2.30. The summed E-state index contributed by atoms with van der Waals surface area (Å²) in [6, 6.07) is 0. The molecule has 0 fully saturated rings. The van der Waals surface area contributed by atoms with Crippen LogP contribution < -0.4 is 0 Å². The van der Waals surface area contributed by atoms with Crippen LogP contribution in [0.3, 0.4) is 0 Å². The molecule has 0 rings (SSSR count). The van der Waals surface area contributed by atoms with Gasteiger partial charge in [-0.3, -0.25) is 14.4 Å². The Hall–Kier alpha value is -3.41. The normalized spacial score (nSPS) is 12.6. The number of carbonyl (C=O) groups is 3. The van der Waals surface area contributed by atoms with Crippen molar-refractivity contribution in [2.75, 3.05) is 13.2 Å². The van der Waals surface area contributed by atoms with Gasteiger partial charge in [-0.15, -0.1) is 0 Å². The Bertz CT molecular complexity index is 1450. The van der Waals surface area contributed by atoms with Crippen molar-refractivity contribution in [3.8, 4) is 0 Å². The Kier molecular flexibility index (Phi) is 61.2. The van der Waals surface area contributed by atoms with E-state index in [1.807, 2.05) is 0 Å². The van der Waals surface area contributed by atoms with Crippen LogP contribution >= 0.6 is 0 Å². The molecule has 76 heavy (non-hydrogen) atoms. The quantitative estimate of drug-likeness (QED) is 0.0261. The summed E-state index contributed by atoms with van der Waals surface area (Å²) in [5.74, 6) is -0.910. The Labute approximate surface area is 471 Å². The summed E-state index contributed by atoms with van der Waals surface area (Å²) in [4.78, 5) is 38.4. The predicted molar refractivity (Wildman–Crippen MR) is 330 cm³/mol. The molecule has 0 aromatic carbocycles. The molecule has 0 aromatic heterocycles. The number of ether oxygens (including phenoxy) is 3. The van der Waals surface area contributed by atoms with Crippen molar-refractivity contribution in [2.24, 2.45) is 0 Å². The molecule has 0 amide bonds. The average molecular weight is 1060 g/mol. The maximum absolute atomic E-state index is 12.9. The number of esters is 3. The molecule has 6 heteroatoms. The Morgan fingerprint density at radius 1 is 0.276 bits per heavy atom. The van der Waals surface area contributed by atoms with Crippen LogP contribution in [0.1, 0.15) is 323 Å². The van der Waals surface area contributed by atoms with Gasteiger partial charge in [0.05, 0.1) is 0 Å². The van der Waals surface area contributed by atoms with Crippen LogP contribution in [0, 0.1) is 0 Å². The largest absolute Gasteiger partial charge is 0.462 e. The summed E-state index contributed by atoms with van der Waals surface area (Å²) in [6.07, 6.45) is 84.4. The molecule has 0 aliphatic rings. The van der Waals surface area contributed by atoms with Crippen LogP contribution in [0.15, 0.2) is 85.1 Å². The first-order valence-electron chi connectivity index (χ1n) is 32.6. The molecule has 0 aliphatic heterocycles. The monoisotopic (exact) mass is 1060 g/mol. The van der Waals surface area contributed by atoms with E-state index in [1.165, 1.54) is 180 Å². The maximum Gasteiger partial charge on any atom is 0.306 e. The second-order valence-electron chi connectivity index (χ2n) is 21.6. The van der Waals surface area contributed by atoms with Crippen molar-refractivity contribution in [1.82, 2.24) is 0 Å². The van der Waals surface area contributed by atoms with Crippen LogP contribution in [0.25, 0.3) is 0 Å². The molecule has 438 valence electrons. The zero-order valence-corrected chi connectivity index (χ0v) is 50.3. The highest BCUT2D eigenvalue weighted by Gasteiger charge is 2.19. The first-order valence-corrected chi connectivity index (χ1v) is 32.6. The molecule has 0 spiro atoms. The van der Waals surface area contributed by atoms with E-state index >= 15 is 0 Å². The van der Waals surface area contributed by atoms with E-state index in [-0.39, 0.29) is 37.5 Å². The van der Waals surface area contributed by atoms with Crippen LogP contribution in [0.2, 0.25) is 0 Å². The lowest BCUT2D eigenvalue weighted by molar-refractivity contribution is -0.167. The number of carbonyl (C=O) groups excluding carboxylic acids is 3. The molecule has 0 aromatic rings. The van der Waals surface area contributed by atoms with Crippen LogP contribution in [0.4, 0.5) is 0 Å². The van der Waals surface area contributed by atoms with E-state index in [0.29, 0.717) is 12.8 Å². The summed E-state index contributed by atoms with van der Waals surface area (Å²) in [6.45, 7) is 6.53. The summed E-state index contributed by atoms with van der Waals surface area (Å²) >= 11 is 0. The zero-order valence-electron chi connectivity index (χ0n) is 50.3. The maximum atomic E-state index is 12.9. The molecule has 0 saturated carbocycles. The molecule has 0 bridgehead atoms. The van der Waals surface area contributed by atoms with Crippen LogP contribution in [0.5, 0.6) is 0 Å². The van der Waals surface area contributed by atoms with Crippen molar-refractivity contribution >= 4 is 17.9 Å². The second kappa shape index (κ2) is 64.1. The number of unbranched alkanes of at least 4 members (excludes halogenated alkanes) is 34. The Morgan fingerprint density at radius 2 is 0.513 bits per heavy atom. The van der Waals surface area contributed by atoms with E-state index in [4.69, 9.17) is 14.2 Å². The van der Waals surface area contributed by atoms with Gasteiger partial charge in [0.15, 0.2) is 6.10 Å². The van der Waals surface area contributed by atoms with Gasteiger partial charge in [0, 0.05) is 19.3 Å². The van der Waals surface area contributed by atoms with Gasteiger partial charge in [-0.05, 0) is 96.3 Å². The van der Waals surface area contributed by atoms with E-state index in [9.17, 15) is 14.4 Å². The lowest BCUT2D eigenvalue weighted by Gasteiger charge is -2.18. The molecule has 0 heterocycles.